The van der Waals surface area contributed by atoms with Gasteiger partial charge >= 0.3 is 0 Å². The molecule has 2 fully saturated rings. The molecule has 4 aliphatic rings. The first kappa shape index (κ1) is 28.3. The zero-order valence-corrected chi connectivity index (χ0v) is 22.4. The molecule has 14 heteroatoms. The van der Waals surface area contributed by atoms with Gasteiger partial charge in [0.25, 0.3) is 23.6 Å². The standard InChI is InChI=1S/C15H15N3O4.C13H9FN2O4/c1-17(2)9-5-3-4-8-12(9)15(22)18(14(8)21)10-6-7-11(19)16-13(10)20;14-7-3-1-2-6-10(7)13(20)16(12(6)19)8-4-5-9(17)15-11(8)18/h3-5,10H,6-7H2,1-2H3,(H,16,19,20);1-3,8H,4-5H2,(H,15,17,18). The first-order chi connectivity index (χ1) is 19.9. The summed E-state index contributed by atoms with van der Waals surface area (Å²) in [4.78, 5) is 99.0. The van der Waals surface area contributed by atoms with Gasteiger partial charge in [-0.05, 0) is 37.1 Å². The number of hydrogen-bond donors (Lipinski definition) is 2. The van der Waals surface area contributed by atoms with Crippen LogP contribution in [0.1, 0.15) is 67.1 Å². The highest BCUT2D eigenvalue weighted by Crippen LogP contribution is 2.33. The van der Waals surface area contributed by atoms with Gasteiger partial charge in [-0.15, -0.1) is 0 Å². The summed E-state index contributed by atoms with van der Waals surface area (Å²) in [5.74, 6) is -5.46. The molecule has 4 heterocycles. The average Bonchev–Trinajstić information content (AvgIpc) is 3.34. The van der Waals surface area contributed by atoms with Gasteiger partial charge in [0.1, 0.15) is 17.9 Å². The Kier molecular flexibility index (Phi) is 7.14. The molecule has 0 aromatic heterocycles. The fourth-order valence-corrected chi connectivity index (χ4v) is 5.34. The Balaban J connectivity index is 0.000000169. The predicted octanol–water partition coefficient (Wildman–Crippen LogP) is 0.381. The van der Waals surface area contributed by atoms with Crippen molar-refractivity contribution >= 4 is 52.9 Å². The highest BCUT2D eigenvalue weighted by Gasteiger charge is 2.47. The first-order valence-corrected chi connectivity index (χ1v) is 12.9. The van der Waals surface area contributed by atoms with E-state index in [9.17, 15) is 42.7 Å². The van der Waals surface area contributed by atoms with Crippen molar-refractivity contribution in [3.63, 3.8) is 0 Å². The lowest BCUT2D eigenvalue weighted by Crippen LogP contribution is -2.54. The zero-order valence-electron chi connectivity index (χ0n) is 22.4. The number of benzene rings is 2. The fraction of sp³-hybridized carbons (Fsp3) is 0.286. The van der Waals surface area contributed by atoms with Gasteiger partial charge in [-0.3, -0.25) is 58.8 Å². The van der Waals surface area contributed by atoms with Crippen molar-refractivity contribution in [2.45, 2.75) is 37.8 Å². The number of piperidine rings is 2. The molecule has 0 saturated carbocycles. The molecule has 0 aliphatic carbocycles. The SMILES string of the molecule is CN(C)c1cccc2c1C(=O)N(C1CCC(=O)NC1=O)C2=O.O=C1CCC(N2C(=O)c3cccc(F)c3C2=O)C(=O)N1. The Labute approximate surface area is 237 Å². The van der Waals surface area contributed by atoms with Crippen molar-refractivity contribution < 1.29 is 42.7 Å². The molecule has 0 bridgehead atoms. The molecule has 0 radical (unpaired) electrons. The minimum absolute atomic E-state index is 0.0340. The van der Waals surface area contributed by atoms with Gasteiger partial charge in [-0.2, -0.15) is 0 Å². The minimum atomic E-state index is -1.07. The van der Waals surface area contributed by atoms with Crippen LogP contribution in [0.3, 0.4) is 0 Å². The quantitative estimate of drug-likeness (QED) is 0.490. The van der Waals surface area contributed by atoms with Gasteiger partial charge in [0.15, 0.2) is 0 Å². The molecular weight excluding hydrogens is 553 g/mol. The summed E-state index contributed by atoms with van der Waals surface area (Å²) in [6.07, 6.45) is 0.363. The fourth-order valence-electron chi connectivity index (χ4n) is 5.34. The number of hydrogen-bond acceptors (Lipinski definition) is 9. The number of carbonyl (C=O) groups is 8. The second-order valence-electron chi connectivity index (χ2n) is 10.2. The van der Waals surface area contributed by atoms with Gasteiger partial charge in [-0.25, -0.2) is 4.39 Å². The summed E-state index contributed by atoms with van der Waals surface area (Å²) < 4.78 is 13.7. The van der Waals surface area contributed by atoms with Crippen LogP contribution >= 0.6 is 0 Å². The summed E-state index contributed by atoms with van der Waals surface area (Å²) in [5.41, 5.74) is 0.857. The molecular formula is C28H24FN5O8. The molecule has 4 aliphatic heterocycles. The Bertz CT molecular complexity index is 1620. The monoisotopic (exact) mass is 577 g/mol. The van der Waals surface area contributed by atoms with Crippen LogP contribution in [-0.4, -0.2) is 83.2 Å². The second-order valence-corrected chi connectivity index (χ2v) is 10.2. The number of amides is 8. The third-order valence-electron chi connectivity index (χ3n) is 7.35. The molecule has 2 atom stereocenters. The smallest absolute Gasteiger partial charge is 0.265 e. The van der Waals surface area contributed by atoms with Crippen LogP contribution in [0.5, 0.6) is 0 Å². The molecule has 2 saturated heterocycles. The summed E-state index contributed by atoms with van der Waals surface area (Å²) in [7, 11) is 3.56. The van der Waals surface area contributed by atoms with E-state index in [0.29, 0.717) is 16.8 Å². The topological polar surface area (TPSA) is 170 Å². The molecule has 6 rings (SSSR count). The lowest BCUT2D eigenvalue weighted by Gasteiger charge is -2.28. The summed E-state index contributed by atoms with van der Waals surface area (Å²) in [6, 6.07) is 6.77. The van der Waals surface area contributed by atoms with E-state index in [1.165, 1.54) is 12.1 Å². The Morgan fingerprint density at radius 2 is 1.12 bits per heavy atom. The number of nitrogens with zero attached hydrogens (tertiary/aromatic N) is 3. The number of anilines is 1. The molecule has 2 N–H and O–H groups in total. The summed E-state index contributed by atoms with van der Waals surface area (Å²) >= 11 is 0. The van der Waals surface area contributed by atoms with E-state index < -0.39 is 59.3 Å². The molecule has 42 heavy (non-hydrogen) atoms. The van der Waals surface area contributed by atoms with Crippen molar-refractivity contribution in [1.82, 2.24) is 20.4 Å². The lowest BCUT2D eigenvalue weighted by atomic mass is 10.0. The van der Waals surface area contributed by atoms with Crippen molar-refractivity contribution in [3.05, 3.63) is 64.5 Å². The van der Waals surface area contributed by atoms with Crippen LogP contribution < -0.4 is 15.5 Å². The molecule has 216 valence electrons. The highest BCUT2D eigenvalue weighted by molar-refractivity contribution is 6.26. The minimum Gasteiger partial charge on any atom is -0.377 e. The van der Waals surface area contributed by atoms with Crippen molar-refractivity contribution in [2.24, 2.45) is 0 Å². The van der Waals surface area contributed by atoms with E-state index >= 15 is 0 Å². The van der Waals surface area contributed by atoms with E-state index in [0.717, 1.165) is 15.9 Å². The van der Waals surface area contributed by atoms with Gasteiger partial charge in [0, 0.05) is 32.6 Å². The van der Waals surface area contributed by atoms with Gasteiger partial charge in [0.2, 0.25) is 23.6 Å². The van der Waals surface area contributed by atoms with Crippen LogP contribution in [-0.2, 0) is 19.2 Å². The van der Waals surface area contributed by atoms with Crippen LogP contribution in [0.2, 0.25) is 0 Å². The largest absolute Gasteiger partial charge is 0.377 e. The first-order valence-electron chi connectivity index (χ1n) is 12.9. The summed E-state index contributed by atoms with van der Waals surface area (Å²) in [5, 5.41) is 4.25. The van der Waals surface area contributed by atoms with E-state index in [1.54, 1.807) is 37.2 Å². The number of halogens is 1. The Morgan fingerprint density at radius 1 is 0.667 bits per heavy atom. The lowest BCUT2D eigenvalue weighted by molar-refractivity contribution is -0.137. The van der Waals surface area contributed by atoms with Gasteiger partial charge in [0.05, 0.1) is 22.3 Å². The Hall–Kier alpha value is -5.27. The second kappa shape index (κ2) is 10.6. The number of imide groups is 4. The van der Waals surface area contributed by atoms with Crippen LogP contribution in [0.15, 0.2) is 36.4 Å². The summed E-state index contributed by atoms with van der Waals surface area (Å²) in [6.45, 7) is 0. The number of nitrogens with one attached hydrogen (secondary N) is 2. The number of fused-ring (bicyclic) bond motifs is 2. The highest BCUT2D eigenvalue weighted by atomic mass is 19.1. The maximum Gasteiger partial charge on any atom is 0.265 e. The van der Waals surface area contributed by atoms with Crippen molar-refractivity contribution in [2.75, 3.05) is 19.0 Å². The van der Waals surface area contributed by atoms with Gasteiger partial charge < -0.3 is 4.90 Å². The van der Waals surface area contributed by atoms with Crippen LogP contribution in [0.25, 0.3) is 0 Å². The van der Waals surface area contributed by atoms with Crippen molar-refractivity contribution in [3.8, 4) is 0 Å². The molecule has 13 nitrogen and oxygen atoms in total. The Morgan fingerprint density at radius 3 is 1.57 bits per heavy atom. The molecule has 2 aromatic rings. The predicted molar refractivity (Wildman–Crippen MR) is 141 cm³/mol. The molecule has 8 amide bonds. The normalized spacial score (nSPS) is 21.5. The average molecular weight is 578 g/mol. The number of rotatable bonds is 3. The third kappa shape index (κ3) is 4.60. The third-order valence-corrected chi connectivity index (χ3v) is 7.35. The van der Waals surface area contributed by atoms with E-state index in [2.05, 4.69) is 10.6 Å². The van der Waals surface area contributed by atoms with Crippen LogP contribution in [0, 0.1) is 5.82 Å². The number of carbonyl (C=O) groups excluding carboxylic acids is 8. The van der Waals surface area contributed by atoms with E-state index in [4.69, 9.17) is 0 Å². The van der Waals surface area contributed by atoms with Gasteiger partial charge in [-0.1, -0.05) is 12.1 Å². The molecule has 2 aromatic carbocycles. The maximum atomic E-state index is 13.7. The van der Waals surface area contributed by atoms with E-state index in [-0.39, 0.29) is 42.7 Å². The van der Waals surface area contributed by atoms with E-state index in [1.807, 2.05) is 0 Å². The molecule has 2 unspecified atom stereocenters. The zero-order chi connectivity index (χ0) is 30.5. The maximum absolute atomic E-state index is 13.7. The van der Waals surface area contributed by atoms with Crippen LogP contribution in [0.4, 0.5) is 10.1 Å². The van der Waals surface area contributed by atoms with Crippen molar-refractivity contribution in [1.29, 1.82) is 0 Å². The molecule has 0 spiro atoms.